The van der Waals surface area contributed by atoms with E-state index < -0.39 is 0 Å². The van der Waals surface area contributed by atoms with E-state index in [2.05, 4.69) is 24.1 Å². The number of likely N-dealkylation sites (tertiary alicyclic amines) is 1. The lowest BCUT2D eigenvalue weighted by atomic mass is 9.89. The molecule has 0 aliphatic carbocycles. The van der Waals surface area contributed by atoms with Crippen molar-refractivity contribution < 1.29 is 5.11 Å². The van der Waals surface area contributed by atoms with Gasteiger partial charge in [-0.15, -0.1) is 0 Å². The Bertz CT molecular complexity index is 224. The van der Waals surface area contributed by atoms with Crippen LogP contribution in [0.5, 0.6) is 0 Å². The van der Waals surface area contributed by atoms with Crippen LogP contribution in [0.4, 0.5) is 0 Å². The van der Waals surface area contributed by atoms with Gasteiger partial charge in [-0.1, -0.05) is 0 Å². The standard InChI is InChI=1S/C13H26N2O/c1-11(2)15-8-3-5-12(15)9-13(10-16)6-4-7-14-13/h11-12,14,16H,3-10H2,1-2H3. The second-order valence-corrected chi connectivity index (χ2v) is 5.80. The molecular weight excluding hydrogens is 200 g/mol. The zero-order valence-electron chi connectivity index (χ0n) is 10.7. The molecule has 0 amide bonds. The summed E-state index contributed by atoms with van der Waals surface area (Å²) in [5.41, 5.74) is 0.0299. The minimum absolute atomic E-state index is 0.0299. The van der Waals surface area contributed by atoms with E-state index in [-0.39, 0.29) is 5.54 Å². The third kappa shape index (κ3) is 2.41. The number of nitrogens with zero attached hydrogens (tertiary/aromatic N) is 1. The van der Waals surface area contributed by atoms with E-state index in [4.69, 9.17) is 0 Å². The lowest BCUT2D eigenvalue weighted by molar-refractivity contribution is 0.115. The smallest absolute Gasteiger partial charge is 0.0613 e. The van der Waals surface area contributed by atoms with Crippen LogP contribution in [0.15, 0.2) is 0 Å². The van der Waals surface area contributed by atoms with Crippen LogP contribution >= 0.6 is 0 Å². The van der Waals surface area contributed by atoms with Gasteiger partial charge in [0.05, 0.1) is 6.61 Å². The summed E-state index contributed by atoms with van der Waals surface area (Å²) in [6.07, 6.45) is 6.12. The average Bonchev–Trinajstić information content (AvgIpc) is 2.88. The molecule has 2 rings (SSSR count). The van der Waals surface area contributed by atoms with Gasteiger partial charge in [-0.3, -0.25) is 4.90 Å². The summed E-state index contributed by atoms with van der Waals surface area (Å²) in [4.78, 5) is 2.61. The summed E-state index contributed by atoms with van der Waals surface area (Å²) < 4.78 is 0. The highest BCUT2D eigenvalue weighted by atomic mass is 16.3. The Morgan fingerprint density at radius 3 is 2.81 bits per heavy atom. The fraction of sp³-hybridized carbons (Fsp3) is 1.00. The fourth-order valence-corrected chi connectivity index (χ4v) is 3.45. The molecule has 2 saturated heterocycles. The lowest BCUT2D eigenvalue weighted by Gasteiger charge is -2.36. The first-order valence-corrected chi connectivity index (χ1v) is 6.78. The van der Waals surface area contributed by atoms with Crippen LogP contribution in [0.3, 0.4) is 0 Å². The second kappa shape index (κ2) is 5.03. The van der Waals surface area contributed by atoms with E-state index in [0.29, 0.717) is 18.7 Å². The maximum absolute atomic E-state index is 9.62. The van der Waals surface area contributed by atoms with Crippen LogP contribution in [0.25, 0.3) is 0 Å². The molecule has 0 bridgehead atoms. The summed E-state index contributed by atoms with van der Waals surface area (Å²) in [6.45, 7) is 7.19. The molecule has 94 valence electrons. The Kier molecular flexibility index (Phi) is 3.88. The largest absolute Gasteiger partial charge is 0.394 e. The van der Waals surface area contributed by atoms with Crippen molar-refractivity contribution in [2.24, 2.45) is 0 Å². The average molecular weight is 226 g/mol. The number of aliphatic hydroxyl groups excluding tert-OH is 1. The van der Waals surface area contributed by atoms with Crippen LogP contribution in [0.2, 0.25) is 0 Å². The Morgan fingerprint density at radius 2 is 2.25 bits per heavy atom. The zero-order chi connectivity index (χ0) is 11.6. The quantitative estimate of drug-likeness (QED) is 0.760. The molecule has 3 heteroatoms. The maximum atomic E-state index is 9.62. The van der Waals surface area contributed by atoms with Crippen molar-refractivity contribution in [2.75, 3.05) is 19.7 Å². The van der Waals surface area contributed by atoms with E-state index in [9.17, 15) is 5.11 Å². The first kappa shape index (κ1) is 12.3. The van der Waals surface area contributed by atoms with Gasteiger partial charge in [-0.2, -0.15) is 0 Å². The molecule has 0 aromatic rings. The minimum atomic E-state index is 0.0299. The topological polar surface area (TPSA) is 35.5 Å². The molecule has 2 aliphatic heterocycles. The number of aliphatic hydroxyl groups is 1. The summed E-state index contributed by atoms with van der Waals surface area (Å²) in [5.74, 6) is 0. The van der Waals surface area contributed by atoms with Gasteiger partial charge in [0.25, 0.3) is 0 Å². The third-order valence-corrected chi connectivity index (χ3v) is 4.35. The monoisotopic (exact) mass is 226 g/mol. The van der Waals surface area contributed by atoms with Crippen molar-refractivity contribution in [3.63, 3.8) is 0 Å². The molecule has 0 aromatic heterocycles. The molecule has 0 saturated carbocycles. The molecule has 3 nitrogen and oxygen atoms in total. The summed E-state index contributed by atoms with van der Waals surface area (Å²) in [7, 11) is 0. The summed E-state index contributed by atoms with van der Waals surface area (Å²) >= 11 is 0. The predicted molar refractivity (Wildman–Crippen MR) is 66.5 cm³/mol. The normalized spacial score (nSPS) is 36.4. The first-order valence-electron chi connectivity index (χ1n) is 6.78. The van der Waals surface area contributed by atoms with Gasteiger partial charge in [0.15, 0.2) is 0 Å². The SMILES string of the molecule is CC(C)N1CCCC1CC1(CO)CCCN1. The Morgan fingerprint density at radius 1 is 1.44 bits per heavy atom. The number of rotatable bonds is 4. The molecule has 16 heavy (non-hydrogen) atoms. The first-order chi connectivity index (χ1) is 7.67. The number of hydrogen-bond donors (Lipinski definition) is 2. The molecular formula is C13H26N2O. The fourth-order valence-electron chi connectivity index (χ4n) is 3.45. The Balaban J connectivity index is 1.97. The van der Waals surface area contributed by atoms with Crippen molar-refractivity contribution in [3.8, 4) is 0 Å². The van der Waals surface area contributed by atoms with Crippen LogP contribution in [0, 0.1) is 0 Å². The zero-order valence-corrected chi connectivity index (χ0v) is 10.7. The molecule has 2 heterocycles. The predicted octanol–water partition coefficient (Wildman–Crippen LogP) is 1.36. The molecule has 2 N–H and O–H groups in total. The van der Waals surface area contributed by atoms with Gasteiger partial charge in [0, 0.05) is 17.6 Å². The van der Waals surface area contributed by atoms with Gasteiger partial charge in [0.2, 0.25) is 0 Å². The number of hydrogen-bond acceptors (Lipinski definition) is 3. The van der Waals surface area contributed by atoms with Crippen LogP contribution < -0.4 is 5.32 Å². The van der Waals surface area contributed by atoms with E-state index in [1.807, 2.05) is 0 Å². The Hall–Kier alpha value is -0.120. The summed E-state index contributed by atoms with van der Waals surface area (Å²) in [5, 5.41) is 13.2. The molecule has 0 spiro atoms. The number of nitrogens with one attached hydrogen (secondary N) is 1. The molecule has 2 fully saturated rings. The summed E-state index contributed by atoms with van der Waals surface area (Å²) in [6, 6.07) is 1.32. The maximum Gasteiger partial charge on any atom is 0.0613 e. The molecule has 2 aliphatic rings. The van der Waals surface area contributed by atoms with Gasteiger partial charge >= 0.3 is 0 Å². The third-order valence-electron chi connectivity index (χ3n) is 4.35. The second-order valence-electron chi connectivity index (χ2n) is 5.80. The minimum Gasteiger partial charge on any atom is -0.394 e. The van der Waals surface area contributed by atoms with Crippen molar-refractivity contribution in [1.29, 1.82) is 0 Å². The molecule has 0 radical (unpaired) electrons. The van der Waals surface area contributed by atoms with E-state index in [1.54, 1.807) is 0 Å². The van der Waals surface area contributed by atoms with Gasteiger partial charge in [-0.05, 0) is 59.0 Å². The highest BCUT2D eigenvalue weighted by Gasteiger charge is 2.38. The highest BCUT2D eigenvalue weighted by molar-refractivity contribution is 4.98. The van der Waals surface area contributed by atoms with E-state index in [1.165, 1.54) is 25.8 Å². The molecule has 2 atom stereocenters. The van der Waals surface area contributed by atoms with Gasteiger partial charge in [0.1, 0.15) is 0 Å². The van der Waals surface area contributed by atoms with Crippen molar-refractivity contribution in [1.82, 2.24) is 10.2 Å². The van der Waals surface area contributed by atoms with Crippen molar-refractivity contribution in [2.45, 2.75) is 63.6 Å². The van der Waals surface area contributed by atoms with Crippen LogP contribution in [-0.2, 0) is 0 Å². The van der Waals surface area contributed by atoms with Crippen molar-refractivity contribution in [3.05, 3.63) is 0 Å². The molecule has 2 unspecified atom stereocenters. The highest BCUT2D eigenvalue weighted by Crippen LogP contribution is 2.31. The van der Waals surface area contributed by atoms with E-state index >= 15 is 0 Å². The van der Waals surface area contributed by atoms with E-state index in [0.717, 1.165) is 19.4 Å². The Labute approximate surface area is 99.2 Å². The molecule has 0 aromatic carbocycles. The van der Waals surface area contributed by atoms with Gasteiger partial charge < -0.3 is 10.4 Å². The van der Waals surface area contributed by atoms with Crippen LogP contribution in [-0.4, -0.2) is 47.3 Å². The lowest BCUT2D eigenvalue weighted by Crippen LogP contribution is -2.49. The van der Waals surface area contributed by atoms with Gasteiger partial charge in [-0.25, -0.2) is 0 Å². The van der Waals surface area contributed by atoms with Crippen LogP contribution in [0.1, 0.15) is 46.0 Å². The van der Waals surface area contributed by atoms with Crippen molar-refractivity contribution >= 4 is 0 Å².